The maximum Gasteiger partial charge on any atom is 0.246 e. The van der Waals surface area contributed by atoms with Crippen LogP contribution < -0.4 is 0 Å². The minimum atomic E-state index is 0.110. The van der Waals surface area contributed by atoms with Crippen molar-refractivity contribution in [1.82, 2.24) is 4.90 Å². The lowest BCUT2D eigenvalue weighted by molar-refractivity contribution is -0.125. The summed E-state index contributed by atoms with van der Waals surface area (Å²) in [4.78, 5) is 13.8. The van der Waals surface area contributed by atoms with Crippen molar-refractivity contribution in [3.63, 3.8) is 0 Å². The van der Waals surface area contributed by atoms with Gasteiger partial charge in [-0.15, -0.1) is 0 Å². The Hall–Kier alpha value is -1.31. The predicted octanol–water partition coefficient (Wildman–Crippen LogP) is 4.99. The van der Waals surface area contributed by atoms with E-state index < -0.39 is 0 Å². The van der Waals surface area contributed by atoms with Gasteiger partial charge in [0.2, 0.25) is 5.91 Å². The molecule has 2 atom stereocenters. The van der Waals surface area contributed by atoms with Gasteiger partial charge in [0, 0.05) is 19.2 Å². The van der Waals surface area contributed by atoms with E-state index in [4.69, 9.17) is 0 Å². The van der Waals surface area contributed by atoms with Crippen LogP contribution in [-0.2, 0) is 4.79 Å². The van der Waals surface area contributed by atoms with Crippen molar-refractivity contribution < 1.29 is 4.79 Å². The maximum atomic E-state index is 12.0. The van der Waals surface area contributed by atoms with Gasteiger partial charge in [0.25, 0.3) is 0 Å². The van der Waals surface area contributed by atoms with Crippen molar-refractivity contribution in [1.29, 1.82) is 0 Å². The molecular formula is C20H33NO. The van der Waals surface area contributed by atoms with E-state index in [0.717, 1.165) is 31.0 Å². The number of carbonyl (C=O) groups excluding carboxylic acids is 1. The summed E-state index contributed by atoms with van der Waals surface area (Å²) in [6.45, 7) is 18.5. The molecule has 0 aromatic rings. The Labute approximate surface area is 137 Å². The molecule has 22 heavy (non-hydrogen) atoms. The lowest BCUT2D eigenvalue weighted by Gasteiger charge is -2.53. The Kier molecular flexibility index (Phi) is 6.65. The van der Waals surface area contributed by atoms with Crippen LogP contribution in [0.1, 0.15) is 54.4 Å². The molecule has 124 valence electrons. The van der Waals surface area contributed by atoms with Crippen LogP contribution in [0.2, 0.25) is 0 Å². The molecule has 1 saturated carbocycles. The van der Waals surface area contributed by atoms with E-state index >= 15 is 0 Å². The van der Waals surface area contributed by atoms with Crippen LogP contribution in [0.15, 0.2) is 36.0 Å². The summed E-state index contributed by atoms with van der Waals surface area (Å²) >= 11 is 0. The van der Waals surface area contributed by atoms with Crippen molar-refractivity contribution in [3.8, 4) is 0 Å². The van der Waals surface area contributed by atoms with Gasteiger partial charge in [0.05, 0.1) is 0 Å². The van der Waals surface area contributed by atoms with Gasteiger partial charge in [-0.3, -0.25) is 4.79 Å². The fourth-order valence-corrected chi connectivity index (χ4v) is 3.54. The van der Waals surface area contributed by atoms with Crippen LogP contribution >= 0.6 is 0 Å². The summed E-state index contributed by atoms with van der Waals surface area (Å²) in [5.41, 5.74) is 2.70. The second-order valence-electron chi connectivity index (χ2n) is 7.19. The van der Waals surface area contributed by atoms with Gasteiger partial charge in [0.1, 0.15) is 0 Å². The zero-order chi connectivity index (χ0) is 16.9. The van der Waals surface area contributed by atoms with E-state index in [2.05, 4.69) is 39.5 Å². The summed E-state index contributed by atoms with van der Waals surface area (Å²) in [5, 5.41) is 0. The number of carbonyl (C=O) groups is 1. The van der Waals surface area contributed by atoms with Crippen LogP contribution in [0.5, 0.6) is 0 Å². The fraction of sp³-hybridized carbons (Fsp3) is 0.650. The van der Waals surface area contributed by atoms with E-state index in [9.17, 15) is 4.79 Å². The van der Waals surface area contributed by atoms with Gasteiger partial charge in [0.15, 0.2) is 0 Å². The molecule has 1 fully saturated rings. The van der Waals surface area contributed by atoms with Crippen molar-refractivity contribution in [2.24, 2.45) is 17.3 Å². The second-order valence-corrected chi connectivity index (χ2v) is 7.19. The predicted molar refractivity (Wildman–Crippen MR) is 95.6 cm³/mol. The zero-order valence-corrected chi connectivity index (χ0v) is 15.3. The minimum Gasteiger partial charge on any atom is -0.340 e. The number of hydrogen-bond donors (Lipinski definition) is 0. The number of hydrogen-bond acceptors (Lipinski definition) is 1. The Balaban J connectivity index is 2.53. The molecule has 2 nitrogen and oxygen atoms in total. The van der Waals surface area contributed by atoms with E-state index in [1.807, 2.05) is 25.7 Å². The topological polar surface area (TPSA) is 20.3 Å². The molecule has 0 saturated heterocycles. The van der Waals surface area contributed by atoms with Gasteiger partial charge in [-0.1, -0.05) is 38.2 Å². The summed E-state index contributed by atoms with van der Waals surface area (Å²) in [6, 6.07) is 0. The van der Waals surface area contributed by atoms with Gasteiger partial charge < -0.3 is 4.90 Å². The molecule has 0 aliphatic heterocycles. The molecule has 0 aromatic heterocycles. The first-order valence-electron chi connectivity index (χ1n) is 8.53. The fourth-order valence-electron chi connectivity index (χ4n) is 3.54. The Morgan fingerprint density at radius 1 is 1.27 bits per heavy atom. The number of nitrogens with zero attached hydrogens (tertiary/aromatic N) is 1. The quantitative estimate of drug-likeness (QED) is 0.369. The zero-order valence-electron chi connectivity index (χ0n) is 15.3. The largest absolute Gasteiger partial charge is 0.340 e. The highest BCUT2D eigenvalue weighted by atomic mass is 16.2. The average Bonchev–Trinajstić information content (AvgIpc) is 2.42. The molecule has 0 spiro atoms. The molecule has 1 aliphatic rings. The normalized spacial score (nSPS) is 24.2. The second kappa shape index (κ2) is 7.80. The van der Waals surface area contributed by atoms with Crippen molar-refractivity contribution in [2.45, 2.75) is 54.4 Å². The van der Waals surface area contributed by atoms with Gasteiger partial charge in [-0.25, -0.2) is 0 Å². The average molecular weight is 303 g/mol. The first kappa shape index (κ1) is 18.7. The van der Waals surface area contributed by atoms with Crippen molar-refractivity contribution in [3.05, 3.63) is 36.0 Å². The van der Waals surface area contributed by atoms with E-state index in [1.54, 1.807) is 6.08 Å². The molecule has 1 aliphatic carbocycles. The number of rotatable bonds is 7. The Bertz CT molecular complexity index is 466. The highest BCUT2D eigenvalue weighted by Crippen LogP contribution is 2.55. The molecule has 0 aromatic carbocycles. The van der Waals surface area contributed by atoms with Crippen LogP contribution in [0.3, 0.4) is 0 Å². The smallest absolute Gasteiger partial charge is 0.246 e. The molecule has 0 bridgehead atoms. The molecule has 0 N–H and O–H groups in total. The van der Waals surface area contributed by atoms with Gasteiger partial charge >= 0.3 is 0 Å². The SMILES string of the molecule is C=C(C)[C@@H]1C[C@H](C/C=C/C(C)=C\C(=O)N(CC)CC)C1(C)C. The molecule has 0 unspecified atom stereocenters. The maximum absolute atomic E-state index is 12.0. The Morgan fingerprint density at radius 2 is 1.86 bits per heavy atom. The third-order valence-corrected chi connectivity index (χ3v) is 5.29. The highest BCUT2D eigenvalue weighted by molar-refractivity contribution is 5.88. The van der Waals surface area contributed by atoms with Gasteiger partial charge in [-0.05, 0) is 63.4 Å². The van der Waals surface area contributed by atoms with Crippen molar-refractivity contribution >= 4 is 5.91 Å². The van der Waals surface area contributed by atoms with E-state index in [1.165, 1.54) is 12.0 Å². The van der Waals surface area contributed by atoms with Crippen LogP contribution in [0.4, 0.5) is 0 Å². The molecule has 0 heterocycles. The summed E-state index contributed by atoms with van der Waals surface area (Å²) in [5.74, 6) is 1.49. The third-order valence-electron chi connectivity index (χ3n) is 5.29. The lowest BCUT2D eigenvalue weighted by atomic mass is 9.52. The Morgan fingerprint density at radius 3 is 2.32 bits per heavy atom. The van der Waals surface area contributed by atoms with Crippen LogP contribution in [0, 0.1) is 17.3 Å². The molecule has 1 rings (SSSR count). The van der Waals surface area contributed by atoms with Crippen LogP contribution in [-0.4, -0.2) is 23.9 Å². The van der Waals surface area contributed by atoms with E-state index in [-0.39, 0.29) is 5.91 Å². The summed E-state index contributed by atoms with van der Waals surface area (Å²) in [6.07, 6.45) is 8.38. The lowest BCUT2D eigenvalue weighted by Crippen LogP contribution is -2.44. The summed E-state index contributed by atoms with van der Waals surface area (Å²) < 4.78 is 0. The number of likely N-dealkylation sites (N-methyl/N-ethyl adjacent to an activating group) is 1. The van der Waals surface area contributed by atoms with E-state index in [0.29, 0.717) is 11.3 Å². The first-order chi connectivity index (χ1) is 10.2. The highest BCUT2D eigenvalue weighted by Gasteiger charge is 2.47. The van der Waals surface area contributed by atoms with Crippen LogP contribution in [0.25, 0.3) is 0 Å². The molecule has 0 radical (unpaired) electrons. The summed E-state index contributed by atoms with van der Waals surface area (Å²) in [7, 11) is 0. The monoisotopic (exact) mass is 303 g/mol. The molecule has 2 heteroatoms. The standard InChI is InChI=1S/C20H33NO/c1-8-21(9-2)19(22)13-16(5)11-10-12-17-14-18(15(3)4)20(17,6)7/h10-11,13,17-18H,3,8-9,12,14H2,1-2,4-7H3/b11-10+,16-13-/t17-,18-/m0/s1. The van der Waals surface area contributed by atoms with Gasteiger partial charge in [-0.2, -0.15) is 0 Å². The molecular weight excluding hydrogens is 270 g/mol. The van der Waals surface area contributed by atoms with Crippen molar-refractivity contribution in [2.75, 3.05) is 13.1 Å². The molecule has 1 amide bonds. The number of allylic oxidation sites excluding steroid dienone is 4. The first-order valence-corrected chi connectivity index (χ1v) is 8.53. The third kappa shape index (κ3) is 4.34. The minimum absolute atomic E-state index is 0.110. The number of amides is 1.